The monoisotopic (exact) mass is 343 g/mol. The summed E-state index contributed by atoms with van der Waals surface area (Å²) in [5, 5.41) is 4.74. The van der Waals surface area contributed by atoms with Gasteiger partial charge in [-0.1, -0.05) is 24.3 Å². The molecule has 0 aliphatic rings. The molecule has 0 unspecified atom stereocenters. The number of amides is 1. The van der Waals surface area contributed by atoms with Gasteiger partial charge in [-0.2, -0.15) is 5.10 Å². The van der Waals surface area contributed by atoms with E-state index < -0.39 is 11.7 Å². The van der Waals surface area contributed by atoms with Gasteiger partial charge in [-0.3, -0.25) is 4.79 Å². The molecule has 24 heavy (non-hydrogen) atoms. The number of nitrogens with one attached hydrogen (secondary N) is 1. The van der Waals surface area contributed by atoms with E-state index in [0.717, 1.165) is 15.2 Å². The number of para-hydroxylation sites is 2. The highest BCUT2D eigenvalue weighted by Crippen LogP contribution is 2.21. The molecule has 0 fully saturated rings. The predicted octanol–water partition coefficient (Wildman–Crippen LogP) is 3.35. The van der Waals surface area contributed by atoms with Gasteiger partial charge in [0.05, 0.1) is 15.9 Å². The maximum atomic E-state index is 13.4. The molecule has 3 aromatic rings. The fraction of sp³-hybridized carbons (Fsp3) is 0.118. The average molecular weight is 343 g/mol. The Bertz CT molecular complexity index is 874. The molecule has 1 aromatic heterocycles. The van der Waals surface area contributed by atoms with Gasteiger partial charge in [-0.15, -0.1) is 11.3 Å². The van der Waals surface area contributed by atoms with Crippen molar-refractivity contribution in [2.75, 3.05) is 6.61 Å². The van der Waals surface area contributed by atoms with Gasteiger partial charge in [-0.05, 0) is 31.2 Å². The largest absolute Gasteiger partial charge is 0.481 e. The van der Waals surface area contributed by atoms with Crippen molar-refractivity contribution in [3.63, 3.8) is 0 Å². The summed E-state index contributed by atoms with van der Waals surface area (Å²) in [6.45, 7) is 1.44. The molecule has 0 spiro atoms. The van der Waals surface area contributed by atoms with E-state index in [9.17, 15) is 9.18 Å². The van der Waals surface area contributed by atoms with Crippen LogP contribution in [0.5, 0.6) is 5.75 Å². The first kappa shape index (κ1) is 16.1. The molecule has 0 aliphatic carbocycles. The molecule has 0 saturated carbocycles. The van der Waals surface area contributed by atoms with Gasteiger partial charge in [0.1, 0.15) is 5.01 Å². The quantitative estimate of drug-likeness (QED) is 0.571. The third-order valence-corrected chi connectivity index (χ3v) is 4.29. The second-order valence-electron chi connectivity index (χ2n) is 4.94. The summed E-state index contributed by atoms with van der Waals surface area (Å²) in [6, 6.07) is 13.7. The minimum absolute atomic E-state index is 0.0273. The maximum Gasteiger partial charge on any atom is 0.277 e. The van der Waals surface area contributed by atoms with Gasteiger partial charge < -0.3 is 4.74 Å². The second-order valence-corrected chi connectivity index (χ2v) is 5.97. The summed E-state index contributed by atoms with van der Waals surface area (Å²) in [4.78, 5) is 16.2. The standard InChI is InChI=1S/C17H14FN3O2S/c1-11(17-19-13-7-3-5-9-15(13)24-17)20-21-16(22)10-23-14-8-4-2-6-12(14)18/h2-9H,10H2,1H3,(H,21,22)/b20-11-. The molecule has 1 heterocycles. The van der Waals surface area contributed by atoms with Crippen LogP contribution in [-0.4, -0.2) is 23.2 Å². The minimum Gasteiger partial charge on any atom is -0.481 e. The van der Waals surface area contributed by atoms with Gasteiger partial charge in [0.2, 0.25) is 0 Å². The summed E-state index contributed by atoms with van der Waals surface area (Å²) < 4.78 is 19.6. The number of hydrazone groups is 1. The zero-order chi connectivity index (χ0) is 16.9. The molecule has 5 nitrogen and oxygen atoms in total. The van der Waals surface area contributed by atoms with Crippen LogP contribution in [0.3, 0.4) is 0 Å². The smallest absolute Gasteiger partial charge is 0.277 e. The number of carbonyl (C=O) groups excluding carboxylic acids is 1. The Kier molecular flexibility index (Phi) is 4.81. The molecule has 2 aromatic carbocycles. The molecule has 0 aliphatic heterocycles. The molecule has 1 amide bonds. The fourth-order valence-corrected chi connectivity index (χ4v) is 2.87. The van der Waals surface area contributed by atoms with Crippen molar-refractivity contribution in [3.05, 3.63) is 59.4 Å². The molecular formula is C17H14FN3O2S. The number of nitrogens with zero attached hydrogens (tertiary/aromatic N) is 2. The van der Waals surface area contributed by atoms with Crippen molar-refractivity contribution in [1.29, 1.82) is 0 Å². The number of benzene rings is 2. The van der Waals surface area contributed by atoms with Crippen molar-refractivity contribution < 1.29 is 13.9 Å². The van der Waals surface area contributed by atoms with Crippen LogP contribution < -0.4 is 10.2 Å². The Morgan fingerprint density at radius 3 is 2.79 bits per heavy atom. The number of carbonyl (C=O) groups is 1. The van der Waals surface area contributed by atoms with Crippen LogP contribution in [0.1, 0.15) is 11.9 Å². The van der Waals surface area contributed by atoms with E-state index in [1.165, 1.54) is 23.5 Å². The number of aromatic nitrogens is 1. The summed E-state index contributed by atoms with van der Waals surface area (Å²) in [6.07, 6.45) is 0. The minimum atomic E-state index is -0.514. The number of fused-ring (bicyclic) bond motifs is 1. The van der Waals surface area contributed by atoms with Crippen LogP contribution in [0.2, 0.25) is 0 Å². The lowest BCUT2D eigenvalue weighted by atomic mass is 10.3. The number of rotatable bonds is 5. The summed E-state index contributed by atoms with van der Waals surface area (Å²) >= 11 is 1.50. The van der Waals surface area contributed by atoms with Crippen LogP contribution in [-0.2, 0) is 4.79 Å². The maximum absolute atomic E-state index is 13.4. The van der Waals surface area contributed by atoms with E-state index in [4.69, 9.17) is 4.74 Å². The van der Waals surface area contributed by atoms with E-state index >= 15 is 0 Å². The van der Waals surface area contributed by atoms with Crippen LogP contribution in [0.15, 0.2) is 53.6 Å². The highest BCUT2D eigenvalue weighted by atomic mass is 32.1. The molecule has 0 saturated heterocycles. The van der Waals surface area contributed by atoms with Gasteiger partial charge in [-0.25, -0.2) is 14.8 Å². The van der Waals surface area contributed by atoms with Gasteiger partial charge in [0, 0.05) is 0 Å². The van der Waals surface area contributed by atoms with E-state index in [1.54, 1.807) is 19.1 Å². The van der Waals surface area contributed by atoms with E-state index in [-0.39, 0.29) is 12.4 Å². The Labute approximate surface area is 141 Å². The summed E-state index contributed by atoms with van der Waals surface area (Å²) in [7, 11) is 0. The molecule has 0 atom stereocenters. The lowest BCUT2D eigenvalue weighted by Gasteiger charge is -2.05. The fourth-order valence-electron chi connectivity index (χ4n) is 1.96. The number of thiazole rings is 1. The summed E-state index contributed by atoms with van der Waals surface area (Å²) in [5.74, 6) is -0.960. The first-order valence-corrected chi connectivity index (χ1v) is 8.01. The third-order valence-electron chi connectivity index (χ3n) is 3.15. The van der Waals surface area contributed by atoms with Crippen molar-refractivity contribution in [3.8, 4) is 5.75 Å². The Balaban J connectivity index is 1.60. The Morgan fingerprint density at radius 1 is 1.25 bits per heavy atom. The zero-order valence-corrected chi connectivity index (χ0v) is 13.6. The third kappa shape index (κ3) is 3.75. The molecule has 1 N–H and O–H groups in total. The van der Waals surface area contributed by atoms with Gasteiger partial charge in [0.25, 0.3) is 5.91 Å². The highest BCUT2D eigenvalue weighted by molar-refractivity contribution is 7.20. The van der Waals surface area contributed by atoms with Crippen LogP contribution in [0.25, 0.3) is 10.2 Å². The highest BCUT2D eigenvalue weighted by Gasteiger charge is 2.08. The number of ether oxygens (including phenoxy) is 1. The lowest BCUT2D eigenvalue weighted by Crippen LogP contribution is -2.25. The van der Waals surface area contributed by atoms with Crippen molar-refractivity contribution in [2.24, 2.45) is 5.10 Å². The van der Waals surface area contributed by atoms with Gasteiger partial charge in [0.15, 0.2) is 18.2 Å². The predicted molar refractivity (Wildman–Crippen MR) is 91.9 cm³/mol. The van der Waals surface area contributed by atoms with Crippen LogP contribution in [0.4, 0.5) is 4.39 Å². The van der Waals surface area contributed by atoms with Crippen LogP contribution >= 0.6 is 11.3 Å². The lowest BCUT2D eigenvalue weighted by molar-refractivity contribution is -0.123. The van der Waals surface area contributed by atoms with Crippen LogP contribution in [0, 0.1) is 5.82 Å². The second kappa shape index (κ2) is 7.18. The topological polar surface area (TPSA) is 63.6 Å². The molecule has 122 valence electrons. The number of hydrogen-bond donors (Lipinski definition) is 1. The average Bonchev–Trinajstić information content (AvgIpc) is 3.03. The normalized spacial score (nSPS) is 11.5. The van der Waals surface area contributed by atoms with E-state index in [2.05, 4.69) is 15.5 Å². The van der Waals surface area contributed by atoms with Crippen molar-refractivity contribution in [2.45, 2.75) is 6.92 Å². The zero-order valence-electron chi connectivity index (χ0n) is 12.8. The van der Waals surface area contributed by atoms with Crippen molar-refractivity contribution >= 4 is 33.2 Å². The molecule has 0 bridgehead atoms. The summed E-state index contributed by atoms with van der Waals surface area (Å²) in [5.41, 5.74) is 3.87. The SMILES string of the molecule is C/C(=N/NC(=O)COc1ccccc1F)c1nc2ccccc2s1. The number of hydrogen-bond acceptors (Lipinski definition) is 5. The number of halogens is 1. The molecule has 7 heteroatoms. The van der Waals surface area contributed by atoms with Crippen molar-refractivity contribution in [1.82, 2.24) is 10.4 Å². The molecular weight excluding hydrogens is 329 g/mol. The molecule has 3 rings (SSSR count). The van der Waals surface area contributed by atoms with E-state index in [0.29, 0.717) is 5.71 Å². The Hall–Kier alpha value is -2.80. The Morgan fingerprint density at radius 2 is 2.00 bits per heavy atom. The first-order chi connectivity index (χ1) is 11.6. The van der Waals surface area contributed by atoms with Gasteiger partial charge >= 0.3 is 0 Å². The first-order valence-electron chi connectivity index (χ1n) is 7.20. The molecule has 0 radical (unpaired) electrons. The van der Waals surface area contributed by atoms with E-state index in [1.807, 2.05) is 24.3 Å².